The Bertz CT molecular complexity index is 634. The number of ketones is 1. The van der Waals surface area contributed by atoms with Crippen LogP contribution in [-0.2, 0) is 0 Å². The first kappa shape index (κ1) is 11.6. The molecule has 0 aliphatic carbocycles. The summed E-state index contributed by atoms with van der Waals surface area (Å²) in [7, 11) is 0. The van der Waals surface area contributed by atoms with Crippen LogP contribution in [0.1, 0.15) is 21.8 Å². The second-order valence-electron chi connectivity index (χ2n) is 4.48. The van der Waals surface area contributed by atoms with Crippen molar-refractivity contribution in [3.63, 3.8) is 0 Å². The number of phenols is 2. The molecule has 1 aliphatic heterocycles. The van der Waals surface area contributed by atoms with Gasteiger partial charge in [-0.15, -0.1) is 0 Å². The lowest BCUT2D eigenvalue weighted by Crippen LogP contribution is -2.26. The third-order valence-electron chi connectivity index (χ3n) is 3.24. The van der Waals surface area contributed by atoms with Gasteiger partial charge >= 0.3 is 0 Å². The van der Waals surface area contributed by atoms with E-state index in [0.717, 1.165) is 11.6 Å². The van der Waals surface area contributed by atoms with Crippen LogP contribution in [-0.4, -0.2) is 22.6 Å². The number of aromatic hydroxyl groups is 2. The van der Waals surface area contributed by atoms with E-state index in [1.54, 1.807) is 0 Å². The van der Waals surface area contributed by atoms with E-state index in [-0.39, 0.29) is 35.2 Å². The van der Waals surface area contributed by atoms with Crippen LogP contribution in [0.15, 0.2) is 42.5 Å². The monoisotopic (exact) mass is 256 g/mol. The van der Waals surface area contributed by atoms with Gasteiger partial charge in [0.1, 0.15) is 29.4 Å². The van der Waals surface area contributed by atoms with Gasteiger partial charge in [-0.05, 0) is 5.56 Å². The van der Waals surface area contributed by atoms with Crippen molar-refractivity contribution in [1.29, 1.82) is 0 Å². The van der Waals surface area contributed by atoms with E-state index >= 15 is 0 Å². The fraction of sp³-hybridized carbons (Fsp3) is 0.133. The molecule has 0 aromatic heterocycles. The lowest BCUT2D eigenvalue weighted by molar-refractivity contribution is 0.0892. The van der Waals surface area contributed by atoms with Crippen molar-refractivity contribution in [2.45, 2.75) is 5.92 Å². The van der Waals surface area contributed by atoms with Crippen LogP contribution in [0, 0.1) is 0 Å². The van der Waals surface area contributed by atoms with E-state index in [9.17, 15) is 15.0 Å². The largest absolute Gasteiger partial charge is 0.508 e. The smallest absolute Gasteiger partial charge is 0.181 e. The minimum Gasteiger partial charge on any atom is -0.508 e. The van der Waals surface area contributed by atoms with Gasteiger partial charge in [0.05, 0.1) is 5.92 Å². The molecule has 0 spiro atoms. The van der Waals surface area contributed by atoms with E-state index in [2.05, 4.69) is 0 Å². The number of ether oxygens (including phenoxy) is 1. The molecule has 4 nitrogen and oxygen atoms in total. The maximum atomic E-state index is 12.4. The highest BCUT2D eigenvalue weighted by Gasteiger charge is 2.32. The Kier molecular flexibility index (Phi) is 2.63. The number of fused-ring (bicyclic) bond motifs is 1. The van der Waals surface area contributed by atoms with Gasteiger partial charge in [0.15, 0.2) is 5.78 Å². The predicted molar refractivity (Wildman–Crippen MR) is 68.8 cm³/mol. The second kappa shape index (κ2) is 4.31. The van der Waals surface area contributed by atoms with Gasteiger partial charge in [-0.2, -0.15) is 0 Å². The third kappa shape index (κ3) is 1.91. The zero-order valence-electron chi connectivity index (χ0n) is 10.0. The highest BCUT2D eigenvalue weighted by molar-refractivity contribution is 6.06. The fourth-order valence-corrected chi connectivity index (χ4v) is 2.30. The molecule has 19 heavy (non-hydrogen) atoms. The maximum absolute atomic E-state index is 12.4. The normalized spacial score (nSPS) is 17.7. The standard InChI is InChI=1S/C15H12O4/c16-10-6-12(17)14-13(7-10)19-8-11(15(14)18)9-4-2-1-3-5-9/h1-7,11,16-17H,8H2. The quantitative estimate of drug-likeness (QED) is 0.822. The van der Waals surface area contributed by atoms with Crippen LogP contribution in [0.25, 0.3) is 0 Å². The molecule has 0 saturated heterocycles. The van der Waals surface area contributed by atoms with Crippen LogP contribution < -0.4 is 4.74 Å². The Hall–Kier alpha value is -2.49. The Morgan fingerprint density at radius 3 is 2.58 bits per heavy atom. The predicted octanol–water partition coefficient (Wildman–Crippen LogP) is 2.46. The number of carbonyl (C=O) groups excluding carboxylic acids is 1. The molecule has 4 heteroatoms. The zero-order valence-corrected chi connectivity index (χ0v) is 10.0. The third-order valence-corrected chi connectivity index (χ3v) is 3.24. The van der Waals surface area contributed by atoms with Crippen molar-refractivity contribution in [2.75, 3.05) is 6.61 Å². The van der Waals surface area contributed by atoms with Crippen molar-refractivity contribution in [3.8, 4) is 17.2 Å². The van der Waals surface area contributed by atoms with E-state index < -0.39 is 5.92 Å². The van der Waals surface area contributed by atoms with Crippen molar-refractivity contribution < 1.29 is 19.7 Å². The SMILES string of the molecule is O=C1c2c(O)cc(O)cc2OCC1c1ccccc1. The van der Waals surface area contributed by atoms with Crippen LogP contribution >= 0.6 is 0 Å². The summed E-state index contributed by atoms with van der Waals surface area (Å²) in [5.41, 5.74) is 0.989. The number of Topliss-reactive ketones (excluding diaryl/α,β-unsaturated/α-hetero) is 1. The topological polar surface area (TPSA) is 66.8 Å². The highest BCUT2D eigenvalue weighted by Crippen LogP contribution is 2.39. The summed E-state index contributed by atoms with van der Waals surface area (Å²) in [4.78, 5) is 12.4. The first-order valence-electron chi connectivity index (χ1n) is 5.95. The molecule has 0 amide bonds. The number of benzene rings is 2. The molecule has 2 N–H and O–H groups in total. The average Bonchev–Trinajstić information content (AvgIpc) is 2.39. The summed E-state index contributed by atoms with van der Waals surface area (Å²) in [6.07, 6.45) is 0. The molecule has 1 aliphatic rings. The zero-order chi connectivity index (χ0) is 13.4. The van der Waals surface area contributed by atoms with Crippen LogP contribution in [0.5, 0.6) is 17.2 Å². The summed E-state index contributed by atoms with van der Waals surface area (Å²) in [6, 6.07) is 11.8. The van der Waals surface area contributed by atoms with Gasteiger partial charge in [-0.3, -0.25) is 4.79 Å². The highest BCUT2D eigenvalue weighted by atomic mass is 16.5. The number of hydrogen-bond acceptors (Lipinski definition) is 4. The van der Waals surface area contributed by atoms with E-state index in [1.165, 1.54) is 6.07 Å². The molecule has 2 aromatic carbocycles. The first-order chi connectivity index (χ1) is 9.16. The van der Waals surface area contributed by atoms with Crippen molar-refractivity contribution in [1.82, 2.24) is 0 Å². The number of hydrogen-bond donors (Lipinski definition) is 2. The molecule has 1 unspecified atom stereocenters. The van der Waals surface area contributed by atoms with Crippen molar-refractivity contribution >= 4 is 5.78 Å². The van der Waals surface area contributed by atoms with E-state index in [1.807, 2.05) is 30.3 Å². The van der Waals surface area contributed by atoms with Gasteiger partial charge in [0.25, 0.3) is 0 Å². The van der Waals surface area contributed by atoms with Crippen molar-refractivity contribution in [3.05, 3.63) is 53.6 Å². The van der Waals surface area contributed by atoms with Crippen LogP contribution in [0.4, 0.5) is 0 Å². The molecule has 0 saturated carbocycles. The Balaban J connectivity index is 2.06. The average molecular weight is 256 g/mol. The van der Waals surface area contributed by atoms with E-state index in [0.29, 0.717) is 0 Å². The van der Waals surface area contributed by atoms with E-state index in [4.69, 9.17) is 4.74 Å². The molecule has 0 fully saturated rings. The van der Waals surface area contributed by atoms with Crippen LogP contribution in [0.2, 0.25) is 0 Å². The Morgan fingerprint density at radius 1 is 1.11 bits per heavy atom. The summed E-state index contributed by atoms with van der Waals surface area (Å²) in [6.45, 7) is 0.207. The number of rotatable bonds is 1. The molecule has 1 heterocycles. The molecule has 0 bridgehead atoms. The lowest BCUT2D eigenvalue weighted by atomic mass is 9.88. The molecular weight excluding hydrogens is 244 g/mol. The molecule has 0 radical (unpaired) electrons. The summed E-state index contributed by atoms with van der Waals surface area (Å²) >= 11 is 0. The van der Waals surface area contributed by atoms with Crippen LogP contribution in [0.3, 0.4) is 0 Å². The van der Waals surface area contributed by atoms with Gasteiger partial charge in [-0.1, -0.05) is 30.3 Å². The molecule has 2 aromatic rings. The first-order valence-corrected chi connectivity index (χ1v) is 5.95. The molecule has 96 valence electrons. The molecule has 3 rings (SSSR count). The Morgan fingerprint density at radius 2 is 1.84 bits per heavy atom. The second-order valence-corrected chi connectivity index (χ2v) is 4.48. The minimum atomic E-state index is -0.427. The molecule has 1 atom stereocenters. The summed E-state index contributed by atoms with van der Waals surface area (Å²) in [5.74, 6) is -0.758. The minimum absolute atomic E-state index is 0.123. The van der Waals surface area contributed by atoms with Crippen molar-refractivity contribution in [2.24, 2.45) is 0 Å². The van der Waals surface area contributed by atoms with Gasteiger partial charge in [0.2, 0.25) is 0 Å². The van der Waals surface area contributed by atoms with Gasteiger partial charge in [0, 0.05) is 12.1 Å². The van der Waals surface area contributed by atoms with Gasteiger partial charge < -0.3 is 14.9 Å². The Labute approximate surface area is 109 Å². The number of carbonyl (C=O) groups is 1. The number of phenolic OH excluding ortho intramolecular Hbond substituents is 2. The lowest BCUT2D eigenvalue weighted by Gasteiger charge is -2.25. The summed E-state index contributed by atoms with van der Waals surface area (Å²) < 4.78 is 5.48. The maximum Gasteiger partial charge on any atom is 0.181 e. The molecular formula is C15H12O4. The summed E-state index contributed by atoms with van der Waals surface area (Å²) in [5, 5.41) is 19.2. The van der Waals surface area contributed by atoms with Gasteiger partial charge in [-0.25, -0.2) is 0 Å². The fourth-order valence-electron chi connectivity index (χ4n) is 2.30.